The molecule has 2 aliphatic carbocycles. The Bertz CT molecular complexity index is 1500. The Morgan fingerprint density at radius 1 is 1.13 bits per heavy atom. The van der Waals surface area contributed by atoms with E-state index in [1.807, 2.05) is 35.0 Å². The summed E-state index contributed by atoms with van der Waals surface area (Å²) in [6, 6.07) is 4.27. The predicted molar refractivity (Wildman–Crippen MR) is 162 cm³/mol. The molecule has 2 aliphatic rings. The van der Waals surface area contributed by atoms with E-state index in [9.17, 15) is 32.3 Å². The number of hydrogen-bond donors (Lipinski definition) is 2. The number of alkyl halides is 3. The lowest BCUT2D eigenvalue weighted by molar-refractivity contribution is -0.873. The summed E-state index contributed by atoms with van der Waals surface area (Å²) in [4.78, 5) is 49.4. The zero-order valence-electron chi connectivity index (χ0n) is 27.1. The van der Waals surface area contributed by atoms with Crippen LogP contribution in [0.5, 0.6) is 0 Å². The van der Waals surface area contributed by atoms with Crippen LogP contribution in [0.25, 0.3) is 5.69 Å². The van der Waals surface area contributed by atoms with Gasteiger partial charge in [-0.3, -0.25) is 19.2 Å². The van der Waals surface area contributed by atoms with Gasteiger partial charge in [0.1, 0.15) is 12.6 Å². The van der Waals surface area contributed by atoms with Crippen molar-refractivity contribution in [2.24, 2.45) is 11.1 Å². The number of nitrogens with two attached hydrogens (primary N) is 1. The molecule has 252 valence electrons. The summed E-state index contributed by atoms with van der Waals surface area (Å²) in [6.45, 7) is 5.38. The lowest BCUT2D eigenvalue weighted by Crippen LogP contribution is -2.44. The van der Waals surface area contributed by atoms with E-state index in [1.165, 1.54) is 25.1 Å². The fraction of sp³-hybridized carbons (Fsp3) is 0.594. The van der Waals surface area contributed by atoms with Crippen LogP contribution < -0.4 is 11.1 Å². The number of ether oxygens (including phenoxy) is 2. The second-order valence-corrected chi connectivity index (χ2v) is 14.1. The van der Waals surface area contributed by atoms with Crippen LogP contribution in [0.1, 0.15) is 91.4 Å². The molecule has 1 fully saturated rings. The highest BCUT2D eigenvalue weighted by atomic mass is 19.4. The maximum absolute atomic E-state index is 14.0. The average Bonchev–Trinajstić information content (AvgIpc) is 3.27. The highest BCUT2D eigenvalue weighted by Gasteiger charge is 2.45. The monoisotopic (exact) mass is 650 g/mol. The molecule has 4 rings (SSSR count). The molecule has 0 radical (unpaired) electrons. The summed E-state index contributed by atoms with van der Waals surface area (Å²) < 4.78 is 54.6. The molecule has 0 spiro atoms. The van der Waals surface area contributed by atoms with Crippen molar-refractivity contribution in [3.63, 3.8) is 0 Å². The molecule has 14 heteroatoms. The standard InChI is InChI=1S/C32H42F3N5O6/c1-18(41)45-22(17-40(4,5)6)14-27(43)46-21-10-7-19(8-11-21)37-24-13-20(9-12-23(24)30(36)44)39-25-15-31(2,3)16-26(42)28(25)29(38-39)32(33,34)35/h9,12-13,19,21-22H,7-8,10-11,14-17H2,1-6H3,(H2-,36,37,44)/p+1/t19-,21-,22?. The number of Topliss-reactive ketones (excluding diaryl/α,β-unsaturated/α-hetero) is 1. The quantitative estimate of drug-likeness (QED) is 0.284. The number of hydrogen-bond acceptors (Lipinski definition) is 8. The van der Waals surface area contributed by atoms with E-state index >= 15 is 0 Å². The molecular weight excluding hydrogens is 607 g/mol. The van der Waals surface area contributed by atoms with Crippen LogP contribution in [-0.2, 0) is 31.7 Å². The largest absolute Gasteiger partial charge is 0.462 e. The number of benzene rings is 1. The summed E-state index contributed by atoms with van der Waals surface area (Å²) in [6.07, 6.45) is -3.45. The first-order valence-electron chi connectivity index (χ1n) is 15.3. The van der Waals surface area contributed by atoms with Gasteiger partial charge in [-0.15, -0.1) is 0 Å². The number of rotatable bonds is 10. The number of primary amides is 1. The van der Waals surface area contributed by atoms with Crippen molar-refractivity contribution in [1.29, 1.82) is 0 Å². The van der Waals surface area contributed by atoms with E-state index in [1.54, 1.807) is 0 Å². The van der Waals surface area contributed by atoms with Crippen molar-refractivity contribution >= 4 is 29.3 Å². The molecule has 1 aromatic heterocycles. The molecule has 0 aliphatic heterocycles. The molecule has 2 aromatic rings. The Hall–Kier alpha value is -3.94. The molecule has 1 heterocycles. The Kier molecular flexibility index (Phi) is 9.91. The number of fused-ring (bicyclic) bond motifs is 1. The first-order chi connectivity index (χ1) is 21.2. The minimum absolute atomic E-state index is 0.0246. The molecule has 11 nitrogen and oxygen atoms in total. The number of amides is 1. The third kappa shape index (κ3) is 8.65. The minimum atomic E-state index is -4.82. The van der Waals surface area contributed by atoms with Gasteiger partial charge in [0.15, 0.2) is 17.6 Å². The second kappa shape index (κ2) is 13.0. The number of nitrogens with one attached hydrogen (secondary N) is 1. The summed E-state index contributed by atoms with van der Waals surface area (Å²) in [5.74, 6) is -2.25. The number of aromatic nitrogens is 2. The first-order valence-corrected chi connectivity index (χ1v) is 15.3. The molecular formula is C32H43F3N5O6+. The fourth-order valence-electron chi connectivity index (χ4n) is 6.31. The number of esters is 2. The van der Waals surface area contributed by atoms with E-state index in [-0.39, 0.29) is 48.4 Å². The SMILES string of the molecule is CC(=O)OC(CC(=O)O[C@H]1CC[C@H](Nc2cc(-n3nc(C(F)(F)F)c4c3CC(C)(C)CC4=O)ccc2C(N)=O)CC1)C[N+](C)(C)C. The van der Waals surface area contributed by atoms with E-state index in [2.05, 4.69) is 10.4 Å². The topological polar surface area (TPSA) is 143 Å². The number of carbonyl (C=O) groups excluding carboxylic acids is 4. The Balaban J connectivity index is 1.49. The minimum Gasteiger partial charge on any atom is -0.462 e. The molecule has 1 saturated carbocycles. The van der Waals surface area contributed by atoms with Crippen molar-refractivity contribution in [1.82, 2.24) is 9.78 Å². The van der Waals surface area contributed by atoms with Gasteiger partial charge in [0, 0.05) is 25.1 Å². The number of halogens is 3. The van der Waals surface area contributed by atoms with Crippen LogP contribution in [0.3, 0.4) is 0 Å². The van der Waals surface area contributed by atoms with E-state index in [0.717, 1.165) is 4.68 Å². The lowest BCUT2D eigenvalue weighted by atomic mass is 9.75. The normalized spacial score (nSPS) is 20.4. The number of nitrogens with zero attached hydrogens (tertiary/aromatic N) is 3. The van der Waals surface area contributed by atoms with E-state index in [4.69, 9.17) is 15.2 Å². The first kappa shape index (κ1) is 34.9. The Morgan fingerprint density at radius 3 is 2.35 bits per heavy atom. The number of quaternary nitrogens is 1. The number of anilines is 1. The van der Waals surface area contributed by atoms with Crippen LogP contribution in [0.15, 0.2) is 18.2 Å². The highest BCUT2D eigenvalue weighted by Crippen LogP contribution is 2.42. The zero-order chi connectivity index (χ0) is 34.2. The highest BCUT2D eigenvalue weighted by molar-refractivity contribution is 6.00. The molecule has 1 unspecified atom stereocenters. The molecule has 1 aromatic carbocycles. The van der Waals surface area contributed by atoms with Crippen molar-refractivity contribution in [3.8, 4) is 5.69 Å². The number of carbonyl (C=O) groups is 4. The number of ketones is 1. The van der Waals surface area contributed by atoms with Crippen molar-refractivity contribution in [3.05, 3.63) is 40.7 Å². The van der Waals surface area contributed by atoms with Gasteiger partial charge in [-0.1, -0.05) is 13.8 Å². The predicted octanol–water partition coefficient (Wildman–Crippen LogP) is 4.44. The number of likely N-dealkylation sites (N-methyl/N-ethyl adjacent to an activating group) is 1. The maximum Gasteiger partial charge on any atom is 0.435 e. The molecule has 46 heavy (non-hydrogen) atoms. The van der Waals surface area contributed by atoms with E-state index < -0.39 is 52.6 Å². The summed E-state index contributed by atoms with van der Waals surface area (Å²) in [5, 5.41) is 7.16. The van der Waals surface area contributed by atoms with E-state index in [0.29, 0.717) is 42.4 Å². The molecule has 0 saturated heterocycles. The Labute approximate surface area is 266 Å². The van der Waals surface area contributed by atoms with Crippen LogP contribution in [0.2, 0.25) is 0 Å². The van der Waals surface area contributed by atoms with Gasteiger partial charge in [0.2, 0.25) is 0 Å². The van der Waals surface area contributed by atoms with Gasteiger partial charge in [-0.05, 0) is 55.7 Å². The van der Waals surface area contributed by atoms with Gasteiger partial charge in [-0.2, -0.15) is 18.3 Å². The third-order valence-electron chi connectivity index (χ3n) is 8.14. The smallest absolute Gasteiger partial charge is 0.435 e. The van der Waals surface area contributed by atoms with Gasteiger partial charge in [-0.25, -0.2) is 4.68 Å². The van der Waals surface area contributed by atoms with Gasteiger partial charge >= 0.3 is 18.1 Å². The van der Waals surface area contributed by atoms with Gasteiger partial charge in [0.25, 0.3) is 5.91 Å². The van der Waals surface area contributed by atoms with Crippen LogP contribution in [0, 0.1) is 5.41 Å². The maximum atomic E-state index is 14.0. The molecule has 0 bridgehead atoms. The molecule has 3 N–H and O–H groups in total. The van der Waals surface area contributed by atoms with Gasteiger partial charge in [0.05, 0.1) is 50.1 Å². The average molecular weight is 651 g/mol. The van der Waals surface area contributed by atoms with Crippen LogP contribution >= 0.6 is 0 Å². The molecule has 1 amide bonds. The van der Waals surface area contributed by atoms with Crippen molar-refractivity contribution < 1.29 is 46.3 Å². The summed E-state index contributed by atoms with van der Waals surface area (Å²) in [5.41, 5.74) is 4.35. The second-order valence-electron chi connectivity index (χ2n) is 14.1. The molecule has 1 atom stereocenters. The Morgan fingerprint density at radius 2 is 1.78 bits per heavy atom. The summed E-state index contributed by atoms with van der Waals surface area (Å²) in [7, 11) is 5.79. The van der Waals surface area contributed by atoms with Gasteiger partial charge < -0.3 is 25.0 Å². The van der Waals surface area contributed by atoms with Crippen LogP contribution in [-0.4, -0.2) is 83.8 Å². The third-order valence-corrected chi connectivity index (χ3v) is 8.14. The van der Waals surface area contributed by atoms with Crippen LogP contribution in [0.4, 0.5) is 18.9 Å². The van der Waals surface area contributed by atoms with Crippen molar-refractivity contribution in [2.45, 2.75) is 90.1 Å². The van der Waals surface area contributed by atoms with Crippen molar-refractivity contribution in [2.75, 3.05) is 33.0 Å². The lowest BCUT2D eigenvalue weighted by Gasteiger charge is -2.31. The fourth-order valence-corrected chi connectivity index (χ4v) is 6.31. The summed E-state index contributed by atoms with van der Waals surface area (Å²) >= 11 is 0. The zero-order valence-corrected chi connectivity index (χ0v) is 27.1.